The number of benzene rings is 2. The number of para-hydroxylation sites is 1. The predicted molar refractivity (Wildman–Crippen MR) is 110 cm³/mol. The van der Waals surface area contributed by atoms with Crippen LogP contribution in [0.5, 0.6) is 5.75 Å². The van der Waals surface area contributed by atoms with Gasteiger partial charge in [-0.2, -0.15) is 0 Å². The van der Waals surface area contributed by atoms with Crippen molar-refractivity contribution in [1.82, 2.24) is 10.1 Å². The predicted octanol–water partition coefficient (Wildman–Crippen LogP) is 5.31. The van der Waals surface area contributed by atoms with Crippen molar-refractivity contribution in [2.24, 2.45) is 0 Å². The van der Waals surface area contributed by atoms with E-state index in [2.05, 4.69) is 15.5 Å². The van der Waals surface area contributed by atoms with Crippen LogP contribution in [0.4, 0.5) is 21.5 Å². The number of rotatable bonds is 5. The van der Waals surface area contributed by atoms with Crippen LogP contribution in [-0.2, 0) is 0 Å². The lowest BCUT2D eigenvalue weighted by Gasteiger charge is -2.14. The third-order valence-corrected chi connectivity index (χ3v) is 4.80. The highest BCUT2D eigenvalue weighted by molar-refractivity contribution is 6.01. The van der Waals surface area contributed by atoms with Crippen LogP contribution in [0, 0.1) is 29.8 Å². The van der Waals surface area contributed by atoms with E-state index in [0.29, 0.717) is 33.7 Å². The number of hydrogen-bond donors (Lipinski definition) is 1. The van der Waals surface area contributed by atoms with Crippen LogP contribution in [0.1, 0.15) is 11.5 Å². The Balaban J connectivity index is 1.99. The fourth-order valence-electron chi connectivity index (χ4n) is 3.41. The molecule has 4 rings (SSSR count). The molecule has 0 aliphatic carbocycles. The highest BCUT2D eigenvalue weighted by Gasteiger charge is 2.23. The number of ether oxygens (including phenoxy) is 1. The van der Waals surface area contributed by atoms with E-state index < -0.39 is 10.7 Å². The molecule has 0 saturated carbocycles. The van der Waals surface area contributed by atoms with E-state index in [1.807, 2.05) is 6.92 Å². The third kappa shape index (κ3) is 3.20. The van der Waals surface area contributed by atoms with Crippen LogP contribution in [0.15, 0.2) is 47.1 Å². The Labute approximate surface area is 170 Å². The lowest BCUT2D eigenvalue weighted by Crippen LogP contribution is -2.01. The summed E-state index contributed by atoms with van der Waals surface area (Å²) in [5.41, 5.74) is 2.56. The van der Waals surface area contributed by atoms with E-state index in [-0.39, 0.29) is 17.1 Å². The van der Waals surface area contributed by atoms with E-state index in [9.17, 15) is 14.5 Å². The molecule has 0 unspecified atom stereocenters. The number of fused-ring (bicyclic) bond motifs is 1. The first-order valence-corrected chi connectivity index (χ1v) is 9.00. The lowest BCUT2D eigenvalue weighted by molar-refractivity contribution is -0.384. The van der Waals surface area contributed by atoms with E-state index >= 15 is 0 Å². The summed E-state index contributed by atoms with van der Waals surface area (Å²) in [4.78, 5) is 15.3. The largest absolute Gasteiger partial charge is 0.496 e. The van der Waals surface area contributed by atoms with Gasteiger partial charge < -0.3 is 14.6 Å². The Bertz CT molecular complexity index is 1270. The zero-order valence-electron chi connectivity index (χ0n) is 16.4. The summed E-state index contributed by atoms with van der Waals surface area (Å²) >= 11 is 0. The van der Waals surface area contributed by atoms with Gasteiger partial charge in [0.05, 0.1) is 34.5 Å². The molecule has 0 aliphatic heterocycles. The topological polar surface area (TPSA) is 103 Å². The lowest BCUT2D eigenvalue weighted by atomic mass is 10.00. The normalized spacial score (nSPS) is 10.9. The first-order chi connectivity index (χ1) is 14.4. The molecule has 0 radical (unpaired) electrons. The molecule has 0 aliphatic rings. The average molecular weight is 408 g/mol. The van der Waals surface area contributed by atoms with Crippen molar-refractivity contribution in [3.8, 4) is 16.9 Å². The number of halogens is 1. The molecule has 2 heterocycles. The first kappa shape index (κ1) is 19.3. The van der Waals surface area contributed by atoms with E-state index in [4.69, 9.17) is 9.26 Å². The average Bonchev–Trinajstić information content (AvgIpc) is 3.06. The van der Waals surface area contributed by atoms with Gasteiger partial charge in [0, 0.05) is 10.9 Å². The maximum absolute atomic E-state index is 14.2. The number of aryl methyl sites for hydroxylation is 2. The smallest absolute Gasteiger partial charge is 0.311 e. The second kappa shape index (κ2) is 7.43. The summed E-state index contributed by atoms with van der Waals surface area (Å²) < 4.78 is 25.0. The molecule has 152 valence electrons. The molecule has 0 fully saturated rings. The SMILES string of the molecule is COc1cc2c(Nc3ccccc3F)c([N+](=O)[O-])cnc2cc1-c1c(C)noc1C. The minimum Gasteiger partial charge on any atom is -0.496 e. The van der Waals surface area contributed by atoms with Crippen LogP contribution in [-0.4, -0.2) is 22.2 Å². The maximum atomic E-state index is 14.2. The summed E-state index contributed by atoms with van der Waals surface area (Å²) in [5, 5.41) is 18.9. The molecule has 0 spiro atoms. The fraction of sp³-hybridized carbons (Fsp3) is 0.143. The van der Waals surface area contributed by atoms with Gasteiger partial charge in [0.1, 0.15) is 29.2 Å². The molecule has 0 atom stereocenters. The zero-order valence-corrected chi connectivity index (χ0v) is 16.4. The zero-order chi connectivity index (χ0) is 21.4. The summed E-state index contributed by atoms with van der Waals surface area (Å²) in [6, 6.07) is 9.33. The first-order valence-electron chi connectivity index (χ1n) is 9.00. The molecule has 2 aromatic heterocycles. The Kier molecular flexibility index (Phi) is 4.78. The highest BCUT2D eigenvalue weighted by atomic mass is 19.1. The van der Waals surface area contributed by atoms with Crippen LogP contribution >= 0.6 is 0 Å². The Morgan fingerprint density at radius 3 is 2.63 bits per heavy atom. The van der Waals surface area contributed by atoms with Gasteiger partial charge >= 0.3 is 5.69 Å². The van der Waals surface area contributed by atoms with Gasteiger partial charge in [0.15, 0.2) is 0 Å². The maximum Gasteiger partial charge on any atom is 0.311 e. The van der Waals surface area contributed by atoms with Gasteiger partial charge in [-0.3, -0.25) is 10.1 Å². The standard InChI is InChI=1S/C21H17FN4O4/c1-11-20(12(2)30-25-11)14-8-17-13(9-19(14)29-3)21(18(10-23-17)26(27)28)24-16-7-5-4-6-15(16)22/h4-10H,1-3H3,(H,23,24). The Hall–Kier alpha value is -4.01. The second-order valence-corrected chi connectivity index (χ2v) is 6.65. The summed E-state index contributed by atoms with van der Waals surface area (Å²) in [6.07, 6.45) is 1.15. The molecule has 0 saturated heterocycles. The molecular weight excluding hydrogens is 391 g/mol. The Morgan fingerprint density at radius 2 is 2.00 bits per heavy atom. The molecule has 0 amide bonds. The minimum atomic E-state index is -0.565. The molecule has 30 heavy (non-hydrogen) atoms. The van der Waals surface area contributed by atoms with E-state index in [0.717, 1.165) is 11.8 Å². The number of methoxy groups -OCH3 is 1. The third-order valence-electron chi connectivity index (χ3n) is 4.80. The summed E-state index contributed by atoms with van der Waals surface area (Å²) in [7, 11) is 1.50. The molecular formula is C21H17FN4O4. The molecule has 9 heteroatoms. The highest BCUT2D eigenvalue weighted by Crippen LogP contribution is 2.42. The fourth-order valence-corrected chi connectivity index (χ4v) is 3.41. The quantitative estimate of drug-likeness (QED) is 0.353. The van der Waals surface area contributed by atoms with E-state index in [1.165, 1.54) is 19.2 Å². The number of nitro groups is 1. The monoisotopic (exact) mass is 408 g/mol. The van der Waals surface area contributed by atoms with Crippen molar-refractivity contribution in [1.29, 1.82) is 0 Å². The molecule has 1 N–H and O–H groups in total. The van der Waals surface area contributed by atoms with Gasteiger partial charge in [-0.05, 0) is 38.1 Å². The number of pyridine rings is 1. The number of aromatic nitrogens is 2. The summed E-state index contributed by atoms with van der Waals surface area (Å²) in [6.45, 7) is 3.59. The van der Waals surface area contributed by atoms with Gasteiger partial charge in [-0.1, -0.05) is 17.3 Å². The molecule has 2 aromatic carbocycles. The Morgan fingerprint density at radius 1 is 1.23 bits per heavy atom. The van der Waals surface area contributed by atoms with Gasteiger partial charge in [-0.15, -0.1) is 0 Å². The summed E-state index contributed by atoms with van der Waals surface area (Å²) in [5.74, 6) is 0.531. The van der Waals surface area contributed by atoms with Crippen molar-refractivity contribution in [3.63, 3.8) is 0 Å². The number of anilines is 2. The van der Waals surface area contributed by atoms with Crippen LogP contribution in [0.3, 0.4) is 0 Å². The molecule has 8 nitrogen and oxygen atoms in total. The van der Waals surface area contributed by atoms with Gasteiger partial charge in [-0.25, -0.2) is 9.37 Å². The van der Waals surface area contributed by atoms with Crippen LogP contribution < -0.4 is 10.1 Å². The minimum absolute atomic E-state index is 0.113. The number of nitrogens with zero attached hydrogens (tertiary/aromatic N) is 3. The van der Waals surface area contributed by atoms with Crippen molar-refractivity contribution >= 4 is 28.0 Å². The number of hydrogen-bond acceptors (Lipinski definition) is 7. The van der Waals surface area contributed by atoms with Gasteiger partial charge in [0.2, 0.25) is 0 Å². The molecule has 4 aromatic rings. The van der Waals surface area contributed by atoms with Crippen molar-refractivity contribution in [3.05, 3.63) is 70.0 Å². The number of nitrogens with one attached hydrogen (secondary N) is 1. The van der Waals surface area contributed by atoms with Crippen molar-refractivity contribution in [2.45, 2.75) is 13.8 Å². The van der Waals surface area contributed by atoms with Crippen LogP contribution in [0.25, 0.3) is 22.0 Å². The second-order valence-electron chi connectivity index (χ2n) is 6.65. The molecule has 0 bridgehead atoms. The van der Waals surface area contributed by atoms with E-state index in [1.54, 1.807) is 31.2 Å². The van der Waals surface area contributed by atoms with Gasteiger partial charge in [0.25, 0.3) is 0 Å². The van der Waals surface area contributed by atoms with Crippen LogP contribution in [0.2, 0.25) is 0 Å². The van der Waals surface area contributed by atoms with Crippen molar-refractivity contribution < 1.29 is 18.6 Å². The van der Waals surface area contributed by atoms with Crippen molar-refractivity contribution in [2.75, 3.05) is 12.4 Å².